The largest absolute Gasteiger partial charge is 0.313 e. The van der Waals surface area contributed by atoms with Crippen molar-refractivity contribution in [2.75, 3.05) is 5.32 Å². The van der Waals surface area contributed by atoms with Gasteiger partial charge >= 0.3 is 0 Å². The molecule has 1 N–H and O–H groups in total. The Hall–Kier alpha value is -2.70. The number of pyridine rings is 1. The first-order valence-electron chi connectivity index (χ1n) is 11.2. The number of hydrogen-bond acceptors (Lipinski definition) is 4. The van der Waals surface area contributed by atoms with E-state index >= 15 is 0 Å². The third-order valence-corrected chi connectivity index (χ3v) is 5.79. The summed E-state index contributed by atoms with van der Waals surface area (Å²) in [7, 11) is 0. The van der Waals surface area contributed by atoms with E-state index in [9.17, 15) is 4.79 Å². The van der Waals surface area contributed by atoms with Crippen LogP contribution in [-0.2, 0) is 23.9 Å². The van der Waals surface area contributed by atoms with Gasteiger partial charge in [0.15, 0.2) is 5.65 Å². The lowest BCUT2D eigenvalue weighted by Crippen LogP contribution is -2.27. The predicted molar refractivity (Wildman–Crippen MR) is 124 cm³/mol. The van der Waals surface area contributed by atoms with Crippen molar-refractivity contribution in [1.29, 1.82) is 0 Å². The second kappa shape index (κ2) is 7.46. The van der Waals surface area contributed by atoms with Crippen molar-refractivity contribution in [1.82, 2.24) is 24.3 Å². The van der Waals surface area contributed by atoms with E-state index in [4.69, 9.17) is 15.1 Å². The maximum Gasteiger partial charge on any atom is 0.259 e. The predicted octanol–water partition coefficient (Wildman–Crippen LogP) is 4.97. The second-order valence-electron chi connectivity index (χ2n) is 10.7. The topological polar surface area (TPSA) is 77.6 Å². The number of amides is 1. The Bertz CT molecular complexity index is 1140. The molecule has 3 aromatic heterocycles. The molecule has 4 heterocycles. The van der Waals surface area contributed by atoms with Gasteiger partial charge in [0.25, 0.3) is 5.91 Å². The van der Waals surface area contributed by atoms with E-state index in [0.717, 1.165) is 48.7 Å². The number of aryl methyl sites for hydroxylation is 3. The molecule has 31 heavy (non-hydrogen) atoms. The SMILES string of the molecule is Cc1cc(C(=O)Nc2cc(C(C)(C)C)nn2C(C)(C)C)c2nc3n(c2n1)CCCCC3. The zero-order valence-corrected chi connectivity index (χ0v) is 19.8. The van der Waals surface area contributed by atoms with Crippen LogP contribution >= 0.6 is 0 Å². The summed E-state index contributed by atoms with van der Waals surface area (Å²) >= 11 is 0. The van der Waals surface area contributed by atoms with Crippen molar-refractivity contribution in [2.45, 2.75) is 91.6 Å². The number of aromatic nitrogens is 5. The molecule has 0 radical (unpaired) electrons. The Balaban J connectivity index is 1.77. The third-order valence-electron chi connectivity index (χ3n) is 5.79. The maximum absolute atomic E-state index is 13.5. The number of anilines is 1. The van der Waals surface area contributed by atoms with Crippen LogP contribution in [-0.4, -0.2) is 30.2 Å². The van der Waals surface area contributed by atoms with Crippen molar-refractivity contribution in [3.05, 3.63) is 34.9 Å². The maximum atomic E-state index is 13.5. The molecule has 0 unspecified atom stereocenters. The molecule has 0 saturated heterocycles. The molecular weight excluding hydrogens is 388 g/mol. The van der Waals surface area contributed by atoms with Crippen LogP contribution in [0.2, 0.25) is 0 Å². The van der Waals surface area contributed by atoms with Gasteiger partial charge < -0.3 is 9.88 Å². The highest BCUT2D eigenvalue weighted by Gasteiger charge is 2.27. The van der Waals surface area contributed by atoms with Crippen LogP contribution in [0, 0.1) is 6.92 Å². The van der Waals surface area contributed by atoms with Gasteiger partial charge in [-0.2, -0.15) is 5.10 Å². The standard InChI is InChI=1S/C24H34N6O/c1-15-13-16(20-21(25-15)29-12-10-8-9-11-18(29)26-20)22(31)27-19-14-17(23(2,3)4)28-30(19)24(5,6)7/h13-14H,8-12H2,1-7H3,(H,27,31). The molecule has 0 bridgehead atoms. The molecular formula is C24H34N6O. The summed E-state index contributed by atoms with van der Waals surface area (Å²) in [6.45, 7) is 15.5. The van der Waals surface area contributed by atoms with Crippen molar-refractivity contribution in [2.24, 2.45) is 0 Å². The molecule has 7 heteroatoms. The molecule has 1 aliphatic rings. The first-order valence-corrected chi connectivity index (χ1v) is 11.2. The van der Waals surface area contributed by atoms with E-state index in [1.54, 1.807) is 0 Å². The quantitative estimate of drug-likeness (QED) is 0.633. The lowest BCUT2D eigenvalue weighted by molar-refractivity contribution is 0.102. The number of rotatable bonds is 2. The van der Waals surface area contributed by atoms with E-state index in [0.29, 0.717) is 16.9 Å². The van der Waals surface area contributed by atoms with Crippen molar-refractivity contribution in [3.8, 4) is 0 Å². The van der Waals surface area contributed by atoms with Gasteiger partial charge in [-0.1, -0.05) is 27.2 Å². The third kappa shape index (κ3) is 4.10. The van der Waals surface area contributed by atoms with E-state index in [-0.39, 0.29) is 16.9 Å². The number of nitrogens with one attached hydrogen (secondary N) is 1. The first kappa shape index (κ1) is 21.5. The molecule has 0 spiro atoms. The molecule has 7 nitrogen and oxygen atoms in total. The average molecular weight is 423 g/mol. The van der Waals surface area contributed by atoms with Gasteiger partial charge in [-0.3, -0.25) is 4.79 Å². The lowest BCUT2D eigenvalue weighted by atomic mass is 9.92. The highest BCUT2D eigenvalue weighted by Crippen LogP contribution is 2.29. The number of nitrogens with zero attached hydrogens (tertiary/aromatic N) is 5. The zero-order valence-electron chi connectivity index (χ0n) is 19.8. The zero-order chi connectivity index (χ0) is 22.6. The van der Waals surface area contributed by atoms with Crippen LogP contribution < -0.4 is 5.32 Å². The highest BCUT2D eigenvalue weighted by molar-refractivity contribution is 6.11. The van der Waals surface area contributed by atoms with Crippen LogP contribution in [0.15, 0.2) is 12.1 Å². The van der Waals surface area contributed by atoms with Gasteiger partial charge in [0.05, 0.1) is 16.8 Å². The molecule has 0 aliphatic carbocycles. The Morgan fingerprint density at radius 3 is 2.45 bits per heavy atom. The molecule has 1 aliphatic heterocycles. The summed E-state index contributed by atoms with van der Waals surface area (Å²) in [6.07, 6.45) is 4.39. The van der Waals surface area contributed by atoms with E-state index < -0.39 is 0 Å². The molecule has 0 fully saturated rings. The fourth-order valence-corrected chi connectivity index (χ4v) is 4.12. The van der Waals surface area contributed by atoms with Crippen molar-refractivity contribution >= 4 is 22.9 Å². The average Bonchev–Trinajstić information content (AvgIpc) is 3.15. The van der Waals surface area contributed by atoms with Gasteiger partial charge in [-0.05, 0) is 46.6 Å². The molecule has 0 saturated carbocycles. The highest BCUT2D eigenvalue weighted by atomic mass is 16.1. The summed E-state index contributed by atoms with van der Waals surface area (Å²) in [5.41, 5.74) is 3.48. The minimum atomic E-state index is -0.263. The van der Waals surface area contributed by atoms with Crippen LogP contribution in [0.5, 0.6) is 0 Å². The van der Waals surface area contributed by atoms with Gasteiger partial charge in [0.1, 0.15) is 17.2 Å². The number of carbonyl (C=O) groups is 1. The normalized spacial score (nSPS) is 15.1. The first-order chi connectivity index (χ1) is 14.4. The smallest absolute Gasteiger partial charge is 0.259 e. The molecule has 4 rings (SSSR count). The minimum absolute atomic E-state index is 0.113. The monoisotopic (exact) mass is 422 g/mol. The van der Waals surface area contributed by atoms with E-state index in [2.05, 4.69) is 51.4 Å². The lowest BCUT2D eigenvalue weighted by Gasteiger charge is -2.23. The summed E-state index contributed by atoms with van der Waals surface area (Å²) < 4.78 is 4.10. The Morgan fingerprint density at radius 2 is 1.77 bits per heavy atom. The van der Waals surface area contributed by atoms with E-state index in [1.165, 1.54) is 6.42 Å². The Labute approximate surface area is 184 Å². The fourth-order valence-electron chi connectivity index (χ4n) is 4.12. The van der Waals surface area contributed by atoms with Crippen LogP contribution in [0.3, 0.4) is 0 Å². The summed E-state index contributed by atoms with van der Waals surface area (Å²) in [5, 5.41) is 7.94. The van der Waals surface area contributed by atoms with Crippen LogP contribution in [0.25, 0.3) is 11.2 Å². The molecule has 1 amide bonds. The Morgan fingerprint density at radius 1 is 1.03 bits per heavy atom. The van der Waals surface area contributed by atoms with Crippen LogP contribution in [0.1, 0.15) is 88.4 Å². The molecule has 0 aromatic carbocycles. The molecule has 3 aromatic rings. The van der Waals surface area contributed by atoms with Crippen molar-refractivity contribution < 1.29 is 4.79 Å². The minimum Gasteiger partial charge on any atom is -0.313 e. The van der Waals surface area contributed by atoms with Gasteiger partial charge in [-0.25, -0.2) is 14.6 Å². The number of carbonyl (C=O) groups excluding carboxylic acids is 1. The number of imidazole rings is 1. The second-order valence-corrected chi connectivity index (χ2v) is 10.7. The summed E-state index contributed by atoms with van der Waals surface area (Å²) in [5.74, 6) is 1.56. The summed E-state index contributed by atoms with van der Waals surface area (Å²) in [6, 6.07) is 3.82. The van der Waals surface area contributed by atoms with E-state index in [1.807, 2.05) is 23.7 Å². The van der Waals surface area contributed by atoms with Crippen molar-refractivity contribution in [3.63, 3.8) is 0 Å². The van der Waals surface area contributed by atoms with Gasteiger partial charge in [-0.15, -0.1) is 0 Å². The fraction of sp³-hybridized carbons (Fsp3) is 0.583. The van der Waals surface area contributed by atoms with Gasteiger partial charge in [0, 0.05) is 30.1 Å². The Kier molecular flexibility index (Phi) is 5.18. The van der Waals surface area contributed by atoms with Gasteiger partial charge in [0.2, 0.25) is 0 Å². The molecule has 0 atom stereocenters. The van der Waals surface area contributed by atoms with Crippen LogP contribution in [0.4, 0.5) is 5.82 Å². The number of fused-ring (bicyclic) bond motifs is 3. The number of hydrogen-bond donors (Lipinski definition) is 1. The summed E-state index contributed by atoms with van der Waals surface area (Å²) in [4.78, 5) is 23.1. The molecule has 166 valence electrons.